The molecule has 1 fully saturated rings. The van der Waals surface area contributed by atoms with Gasteiger partial charge in [-0.3, -0.25) is 9.59 Å². The molecule has 3 rings (SSSR count). The lowest BCUT2D eigenvalue weighted by atomic mass is 10.0. The Kier molecular flexibility index (Phi) is 8.25. The maximum atomic E-state index is 13.2. The second-order valence-corrected chi connectivity index (χ2v) is 8.25. The van der Waals surface area contributed by atoms with Crippen LogP contribution in [0.25, 0.3) is 0 Å². The van der Waals surface area contributed by atoms with E-state index in [1.165, 1.54) is 0 Å². The highest BCUT2D eigenvalue weighted by Gasteiger charge is 2.34. The number of carbonyl (C=O) groups excluding carboxylic acids is 3. The van der Waals surface area contributed by atoms with E-state index < -0.39 is 24.0 Å². The molecule has 0 aromatic heterocycles. The lowest BCUT2D eigenvalue weighted by molar-refractivity contribution is -0.165. The van der Waals surface area contributed by atoms with E-state index in [1.54, 1.807) is 67.3 Å². The van der Waals surface area contributed by atoms with Crippen molar-refractivity contribution >= 4 is 29.4 Å². The van der Waals surface area contributed by atoms with Gasteiger partial charge in [0.15, 0.2) is 0 Å². The summed E-state index contributed by atoms with van der Waals surface area (Å²) in [6.45, 7) is 5.31. The fourth-order valence-corrected chi connectivity index (χ4v) is 3.61. The first-order valence-corrected chi connectivity index (χ1v) is 10.9. The third kappa shape index (κ3) is 5.87. The summed E-state index contributed by atoms with van der Waals surface area (Å²) in [5, 5.41) is 2.99. The molecule has 2 aromatic carbocycles. The maximum Gasteiger partial charge on any atom is 0.330 e. The highest BCUT2D eigenvalue weighted by Crippen LogP contribution is 2.23. The summed E-state index contributed by atoms with van der Waals surface area (Å²) in [6.07, 6.45) is -1.11. The van der Waals surface area contributed by atoms with Crippen molar-refractivity contribution in [1.29, 1.82) is 0 Å². The largest absolute Gasteiger partial charge is 0.446 e. The Labute approximate surface area is 192 Å². The molecule has 1 N–H and O–H groups in total. The van der Waals surface area contributed by atoms with Crippen molar-refractivity contribution in [1.82, 2.24) is 10.2 Å². The Morgan fingerprint density at radius 2 is 1.62 bits per heavy atom. The van der Waals surface area contributed by atoms with E-state index in [1.807, 2.05) is 6.07 Å². The number of nitrogens with one attached hydrogen (secondary N) is 1. The molecule has 8 heteroatoms. The number of ether oxygens (including phenoxy) is 2. The number of carbonyl (C=O) groups is 3. The standard InChI is InChI=1S/C24H27ClN2O5/c1-16(2)20(26-22(28)18-10-6-7-11-19(18)25)24(30)32-21(17-8-4-3-5-9-17)23(29)27-12-14-31-15-13-27/h3-11,16,20-21H,12-15H2,1-2H3,(H,26,28)/t20-,21?/m0/s1. The normalized spacial score (nSPS) is 15.7. The molecule has 0 saturated carbocycles. The quantitative estimate of drug-likeness (QED) is 0.644. The van der Waals surface area contributed by atoms with Crippen molar-refractivity contribution in [3.05, 3.63) is 70.7 Å². The number of hydrogen-bond acceptors (Lipinski definition) is 5. The van der Waals surface area contributed by atoms with E-state index in [-0.39, 0.29) is 22.4 Å². The Morgan fingerprint density at radius 1 is 1.00 bits per heavy atom. The van der Waals surface area contributed by atoms with Gasteiger partial charge in [0.25, 0.3) is 11.8 Å². The summed E-state index contributed by atoms with van der Waals surface area (Å²) in [7, 11) is 0. The average Bonchev–Trinajstić information content (AvgIpc) is 2.81. The summed E-state index contributed by atoms with van der Waals surface area (Å²) in [6, 6.07) is 14.5. The van der Waals surface area contributed by atoms with Crippen molar-refractivity contribution in [3.8, 4) is 0 Å². The number of halogens is 1. The van der Waals surface area contributed by atoms with Crippen LogP contribution in [-0.4, -0.2) is 55.0 Å². The molecule has 2 amide bonds. The van der Waals surface area contributed by atoms with Gasteiger partial charge in [0, 0.05) is 18.7 Å². The maximum absolute atomic E-state index is 13.2. The molecular formula is C24H27ClN2O5. The number of nitrogens with zero attached hydrogens (tertiary/aromatic N) is 1. The number of morpholine rings is 1. The molecule has 1 aliphatic heterocycles. The van der Waals surface area contributed by atoms with Gasteiger partial charge in [-0.05, 0) is 18.1 Å². The van der Waals surface area contributed by atoms with Crippen LogP contribution in [0.4, 0.5) is 0 Å². The average molecular weight is 459 g/mol. The van der Waals surface area contributed by atoms with Gasteiger partial charge in [-0.1, -0.05) is 67.9 Å². The third-order valence-electron chi connectivity index (χ3n) is 5.21. The van der Waals surface area contributed by atoms with Crippen LogP contribution in [0.2, 0.25) is 5.02 Å². The molecule has 1 unspecified atom stereocenters. The van der Waals surface area contributed by atoms with Gasteiger partial charge in [0.05, 0.1) is 23.8 Å². The highest BCUT2D eigenvalue weighted by atomic mass is 35.5. The lowest BCUT2D eigenvalue weighted by Crippen LogP contribution is -2.48. The number of esters is 1. The van der Waals surface area contributed by atoms with Crippen LogP contribution < -0.4 is 5.32 Å². The van der Waals surface area contributed by atoms with Crippen molar-refractivity contribution < 1.29 is 23.9 Å². The first-order chi connectivity index (χ1) is 15.4. The van der Waals surface area contributed by atoms with E-state index in [0.717, 1.165) is 0 Å². The summed E-state index contributed by atoms with van der Waals surface area (Å²) in [5.41, 5.74) is 0.828. The predicted molar refractivity (Wildman–Crippen MR) is 120 cm³/mol. The van der Waals surface area contributed by atoms with Crippen LogP contribution >= 0.6 is 11.6 Å². The van der Waals surface area contributed by atoms with Crippen molar-refractivity contribution in [2.45, 2.75) is 26.0 Å². The first kappa shape index (κ1) is 23.8. The summed E-state index contributed by atoms with van der Waals surface area (Å²) in [4.78, 5) is 40.7. The highest BCUT2D eigenvalue weighted by molar-refractivity contribution is 6.33. The van der Waals surface area contributed by atoms with Gasteiger partial charge in [-0.25, -0.2) is 4.79 Å². The topological polar surface area (TPSA) is 84.9 Å². The predicted octanol–water partition coefficient (Wildman–Crippen LogP) is 3.24. The third-order valence-corrected chi connectivity index (χ3v) is 5.54. The number of rotatable bonds is 7. The minimum absolute atomic E-state index is 0.261. The van der Waals surface area contributed by atoms with E-state index in [0.29, 0.717) is 31.9 Å². The van der Waals surface area contributed by atoms with Crippen molar-refractivity contribution in [2.75, 3.05) is 26.3 Å². The molecule has 0 bridgehead atoms. The summed E-state index contributed by atoms with van der Waals surface area (Å²) >= 11 is 6.12. The van der Waals surface area contributed by atoms with E-state index in [9.17, 15) is 14.4 Å². The summed E-state index contributed by atoms with van der Waals surface area (Å²) in [5.74, 6) is -1.76. The van der Waals surface area contributed by atoms with Crippen molar-refractivity contribution in [2.24, 2.45) is 5.92 Å². The second-order valence-electron chi connectivity index (χ2n) is 7.84. The molecule has 2 aromatic rings. The van der Waals surface area contributed by atoms with Gasteiger partial charge in [0.2, 0.25) is 6.10 Å². The number of hydrogen-bond donors (Lipinski definition) is 1. The van der Waals surface area contributed by atoms with E-state index in [2.05, 4.69) is 5.32 Å². The Morgan fingerprint density at radius 3 is 2.25 bits per heavy atom. The molecule has 0 spiro atoms. The molecule has 0 aliphatic carbocycles. The zero-order valence-electron chi connectivity index (χ0n) is 18.1. The first-order valence-electron chi connectivity index (χ1n) is 10.6. The summed E-state index contributed by atoms with van der Waals surface area (Å²) < 4.78 is 11.0. The number of benzene rings is 2. The zero-order chi connectivity index (χ0) is 23.1. The molecule has 1 heterocycles. The molecule has 2 atom stereocenters. The van der Waals surface area contributed by atoms with Crippen molar-refractivity contribution in [3.63, 3.8) is 0 Å². The Bertz CT molecular complexity index is 944. The van der Waals surface area contributed by atoms with Gasteiger partial charge in [-0.15, -0.1) is 0 Å². The van der Waals surface area contributed by atoms with Crippen LogP contribution in [0.15, 0.2) is 54.6 Å². The molecule has 170 valence electrons. The van der Waals surface area contributed by atoms with Gasteiger partial charge in [0.1, 0.15) is 6.04 Å². The van der Waals surface area contributed by atoms with Gasteiger partial charge >= 0.3 is 5.97 Å². The van der Waals surface area contributed by atoms with E-state index in [4.69, 9.17) is 21.1 Å². The second kappa shape index (κ2) is 11.1. The van der Waals surface area contributed by atoms with Gasteiger partial charge in [-0.2, -0.15) is 0 Å². The number of amides is 2. The van der Waals surface area contributed by atoms with Gasteiger partial charge < -0.3 is 19.7 Å². The Hall–Kier alpha value is -2.90. The van der Waals surface area contributed by atoms with Crippen LogP contribution in [0.3, 0.4) is 0 Å². The molecule has 32 heavy (non-hydrogen) atoms. The van der Waals surface area contributed by atoms with Crippen LogP contribution in [0.1, 0.15) is 35.9 Å². The minimum Gasteiger partial charge on any atom is -0.446 e. The molecular weight excluding hydrogens is 432 g/mol. The Balaban J connectivity index is 1.80. The van der Waals surface area contributed by atoms with E-state index >= 15 is 0 Å². The van der Waals surface area contributed by atoms with Crippen LogP contribution in [0.5, 0.6) is 0 Å². The lowest BCUT2D eigenvalue weighted by Gasteiger charge is -2.31. The molecule has 1 saturated heterocycles. The minimum atomic E-state index is -1.11. The zero-order valence-corrected chi connectivity index (χ0v) is 18.9. The SMILES string of the molecule is CC(C)[C@H](NC(=O)c1ccccc1Cl)C(=O)OC(C(=O)N1CCOCC1)c1ccccc1. The van der Waals surface area contributed by atoms with Crippen LogP contribution in [-0.2, 0) is 19.1 Å². The molecule has 7 nitrogen and oxygen atoms in total. The molecule has 0 radical (unpaired) electrons. The fraction of sp³-hybridized carbons (Fsp3) is 0.375. The smallest absolute Gasteiger partial charge is 0.330 e. The fourth-order valence-electron chi connectivity index (χ4n) is 3.39. The van der Waals surface area contributed by atoms with Crippen LogP contribution in [0, 0.1) is 5.92 Å². The monoisotopic (exact) mass is 458 g/mol. The molecule has 1 aliphatic rings.